The Balaban J connectivity index is 1.28. The Morgan fingerprint density at radius 3 is 2.49 bits per heavy atom. The second-order valence-corrected chi connectivity index (χ2v) is 10.8. The zero-order chi connectivity index (χ0) is 30.3. The van der Waals surface area contributed by atoms with Crippen molar-refractivity contribution in [3.8, 4) is 0 Å². The normalized spacial score (nSPS) is 16.9. The zero-order valence-electron chi connectivity index (χ0n) is 23.5. The van der Waals surface area contributed by atoms with Gasteiger partial charge < -0.3 is 36.3 Å². The summed E-state index contributed by atoms with van der Waals surface area (Å²) in [6.07, 6.45) is 6.23. The first-order chi connectivity index (χ1) is 20.8. The number of likely N-dealkylation sites (tertiary alicyclic amines) is 1. The number of rotatable bonds is 12. The number of hydrogen-bond donors (Lipinski definition) is 6. The molecule has 0 spiro atoms. The molecule has 0 bridgehead atoms. The fourth-order valence-corrected chi connectivity index (χ4v) is 5.56. The van der Waals surface area contributed by atoms with E-state index in [-0.39, 0.29) is 18.7 Å². The van der Waals surface area contributed by atoms with Gasteiger partial charge in [-0.1, -0.05) is 48.5 Å². The summed E-state index contributed by atoms with van der Waals surface area (Å²) in [5, 5.41) is 16.1. The number of amides is 3. The summed E-state index contributed by atoms with van der Waals surface area (Å²) in [5.74, 6) is -2.68. The Morgan fingerprint density at radius 2 is 1.74 bits per heavy atom. The first-order valence-electron chi connectivity index (χ1n) is 14.3. The van der Waals surface area contributed by atoms with Crippen molar-refractivity contribution in [2.45, 2.75) is 56.3 Å². The van der Waals surface area contributed by atoms with Crippen LogP contribution in [-0.2, 0) is 38.4 Å². The monoisotopic (exact) mass is 585 g/mol. The van der Waals surface area contributed by atoms with Crippen molar-refractivity contribution in [3.05, 3.63) is 90.1 Å². The number of fused-ring (bicyclic) bond motifs is 1. The second kappa shape index (κ2) is 13.3. The lowest BCUT2D eigenvalue weighted by atomic mass is 10.0. The third-order valence-electron chi connectivity index (χ3n) is 7.78. The van der Waals surface area contributed by atoms with Crippen LogP contribution < -0.4 is 16.4 Å². The zero-order valence-corrected chi connectivity index (χ0v) is 23.5. The number of nitrogens with one attached hydrogen (secondary N) is 4. The van der Waals surface area contributed by atoms with Crippen molar-refractivity contribution in [2.24, 2.45) is 5.73 Å². The molecule has 224 valence electrons. The molecule has 12 nitrogen and oxygen atoms in total. The molecule has 1 aliphatic rings. The standard InChI is InChI=1S/C31H35N7O5/c32-23(14-20-16-34-24-10-5-4-9-22(20)24)30(41)38-12-6-11-27(38)29(40)36-25(13-19-7-2-1-3-8-19)28(39)37-26(31(42)43)15-21-17-33-18-35-21/h1-5,7-10,16-18,23,25-27,34H,6,11-15,32H2,(H,33,35)(H,36,40)(H,37,39)(H,42,43). The number of imidazole rings is 1. The molecule has 0 aliphatic carbocycles. The summed E-state index contributed by atoms with van der Waals surface area (Å²) < 4.78 is 0. The highest BCUT2D eigenvalue weighted by Crippen LogP contribution is 2.22. The summed E-state index contributed by atoms with van der Waals surface area (Å²) in [5.41, 5.74) is 9.56. The van der Waals surface area contributed by atoms with E-state index >= 15 is 0 Å². The van der Waals surface area contributed by atoms with Gasteiger partial charge in [-0.3, -0.25) is 14.4 Å². The number of carbonyl (C=O) groups excluding carboxylic acids is 3. The van der Waals surface area contributed by atoms with E-state index in [1.54, 1.807) is 0 Å². The van der Waals surface area contributed by atoms with Gasteiger partial charge in [0, 0.05) is 48.4 Å². The van der Waals surface area contributed by atoms with Crippen LogP contribution in [0.15, 0.2) is 73.3 Å². The van der Waals surface area contributed by atoms with E-state index in [2.05, 4.69) is 25.6 Å². The fourth-order valence-electron chi connectivity index (χ4n) is 5.56. The van der Waals surface area contributed by atoms with Gasteiger partial charge in [0.25, 0.3) is 0 Å². The summed E-state index contributed by atoms with van der Waals surface area (Å²) in [4.78, 5) is 63.8. The summed E-state index contributed by atoms with van der Waals surface area (Å²) in [6.45, 7) is 0.374. The number of aliphatic carboxylic acids is 1. The highest BCUT2D eigenvalue weighted by molar-refractivity contribution is 5.95. The Hall–Kier alpha value is -4.97. The Bertz CT molecular complexity index is 1570. The number of nitrogens with zero attached hydrogens (tertiary/aromatic N) is 2. The number of carbonyl (C=O) groups is 4. The molecular formula is C31H35N7O5. The molecule has 0 radical (unpaired) electrons. The third-order valence-corrected chi connectivity index (χ3v) is 7.78. The van der Waals surface area contributed by atoms with Crippen molar-refractivity contribution >= 4 is 34.6 Å². The van der Waals surface area contributed by atoms with Gasteiger partial charge in [0.1, 0.15) is 18.1 Å². The van der Waals surface area contributed by atoms with E-state index in [1.165, 1.54) is 17.4 Å². The molecule has 2 aromatic heterocycles. The Morgan fingerprint density at radius 1 is 0.977 bits per heavy atom. The molecule has 1 saturated heterocycles. The maximum Gasteiger partial charge on any atom is 0.326 e. The fraction of sp³-hybridized carbons (Fsp3) is 0.323. The van der Waals surface area contributed by atoms with Gasteiger partial charge in [0.05, 0.1) is 12.4 Å². The Kier molecular flexibility index (Phi) is 9.16. The van der Waals surface area contributed by atoms with E-state index in [1.807, 2.05) is 60.8 Å². The highest BCUT2D eigenvalue weighted by Gasteiger charge is 2.38. The summed E-state index contributed by atoms with van der Waals surface area (Å²) in [6, 6.07) is 12.9. The maximum atomic E-state index is 13.6. The van der Waals surface area contributed by atoms with Crippen molar-refractivity contribution in [2.75, 3.05) is 6.54 Å². The number of benzene rings is 2. The van der Waals surface area contributed by atoms with Crippen molar-refractivity contribution < 1.29 is 24.3 Å². The van der Waals surface area contributed by atoms with Gasteiger partial charge in [0.2, 0.25) is 17.7 Å². The minimum atomic E-state index is -1.24. The number of hydrogen-bond acceptors (Lipinski definition) is 6. The lowest BCUT2D eigenvalue weighted by Gasteiger charge is -2.28. The lowest BCUT2D eigenvalue weighted by Crippen LogP contribution is -2.57. The van der Waals surface area contributed by atoms with Crippen molar-refractivity contribution in [1.29, 1.82) is 0 Å². The molecule has 3 heterocycles. The summed E-state index contributed by atoms with van der Waals surface area (Å²) >= 11 is 0. The van der Waals surface area contributed by atoms with Gasteiger partial charge >= 0.3 is 5.97 Å². The maximum absolute atomic E-state index is 13.6. The van der Waals surface area contributed by atoms with Gasteiger partial charge in [-0.25, -0.2) is 9.78 Å². The van der Waals surface area contributed by atoms with Crippen LogP contribution in [0.1, 0.15) is 29.7 Å². The number of carboxylic acid groups (broad SMARTS) is 1. The smallest absolute Gasteiger partial charge is 0.326 e. The van der Waals surface area contributed by atoms with Crippen LogP contribution in [0, 0.1) is 0 Å². The molecule has 5 rings (SSSR count). The quantitative estimate of drug-likeness (QED) is 0.145. The SMILES string of the molecule is NC(Cc1c[nH]c2ccccc12)C(=O)N1CCCC1C(=O)NC(Cc1ccccc1)C(=O)NC(Cc1cnc[nH]1)C(=O)O. The Labute approximate surface area is 248 Å². The minimum absolute atomic E-state index is 0.00764. The van der Waals surface area contributed by atoms with E-state index in [9.17, 15) is 24.3 Å². The highest BCUT2D eigenvalue weighted by atomic mass is 16.4. The van der Waals surface area contributed by atoms with Crippen LogP contribution in [0.5, 0.6) is 0 Å². The van der Waals surface area contributed by atoms with E-state index in [0.717, 1.165) is 22.0 Å². The number of carboxylic acids is 1. The molecule has 12 heteroatoms. The first kappa shape index (κ1) is 29.5. The third kappa shape index (κ3) is 7.09. The minimum Gasteiger partial charge on any atom is -0.480 e. The van der Waals surface area contributed by atoms with E-state index in [4.69, 9.17) is 5.73 Å². The largest absolute Gasteiger partial charge is 0.480 e. The summed E-state index contributed by atoms with van der Waals surface area (Å²) in [7, 11) is 0. The number of para-hydroxylation sites is 1. The molecule has 1 fully saturated rings. The van der Waals surface area contributed by atoms with Crippen LogP contribution in [0.3, 0.4) is 0 Å². The number of H-pyrrole nitrogens is 2. The molecule has 43 heavy (non-hydrogen) atoms. The van der Waals surface area contributed by atoms with Crippen LogP contribution >= 0.6 is 0 Å². The van der Waals surface area contributed by atoms with Crippen LogP contribution in [0.2, 0.25) is 0 Å². The molecule has 2 aromatic carbocycles. The van der Waals surface area contributed by atoms with E-state index < -0.39 is 42.0 Å². The lowest BCUT2D eigenvalue weighted by molar-refractivity contribution is -0.143. The molecule has 4 unspecified atom stereocenters. The van der Waals surface area contributed by atoms with Crippen LogP contribution in [0.25, 0.3) is 10.9 Å². The molecule has 4 atom stereocenters. The molecule has 1 aliphatic heterocycles. The number of aromatic amines is 2. The molecule has 4 aromatic rings. The van der Waals surface area contributed by atoms with Gasteiger partial charge in [0.15, 0.2) is 0 Å². The predicted molar refractivity (Wildman–Crippen MR) is 159 cm³/mol. The van der Waals surface area contributed by atoms with Gasteiger partial charge in [-0.05, 0) is 36.5 Å². The van der Waals surface area contributed by atoms with E-state index in [0.29, 0.717) is 31.5 Å². The number of aromatic nitrogens is 3. The van der Waals surface area contributed by atoms with Gasteiger partial charge in [-0.15, -0.1) is 0 Å². The molecule has 7 N–H and O–H groups in total. The molecule has 3 amide bonds. The molecular weight excluding hydrogens is 550 g/mol. The number of nitrogens with two attached hydrogens (primary N) is 1. The average molecular weight is 586 g/mol. The average Bonchev–Trinajstić information content (AvgIpc) is 3.78. The van der Waals surface area contributed by atoms with Crippen molar-refractivity contribution in [1.82, 2.24) is 30.5 Å². The predicted octanol–water partition coefficient (Wildman–Crippen LogP) is 1.29. The topological polar surface area (TPSA) is 186 Å². The second-order valence-electron chi connectivity index (χ2n) is 10.8. The molecule has 0 saturated carbocycles. The first-order valence-corrected chi connectivity index (χ1v) is 14.3. The van der Waals surface area contributed by atoms with Gasteiger partial charge in [-0.2, -0.15) is 0 Å². The van der Waals surface area contributed by atoms with Crippen LogP contribution in [-0.4, -0.2) is 79.4 Å². The van der Waals surface area contributed by atoms with Crippen molar-refractivity contribution in [3.63, 3.8) is 0 Å². The van der Waals surface area contributed by atoms with Crippen LogP contribution in [0.4, 0.5) is 0 Å².